The number of nitrogens with one attached hydrogen (secondary N) is 1. The summed E-state index contributed by atoms with van der Waals surface area (Å²) in [6, 6.07) is 7.47. The van der Waals surface area contributed by atoms with Crippen molar-refractivity contribution in [2.75, 3.05) is 0 Å². The molecule has 1 saturated carbocycles. The lowest BCUT2D eigenvalue weighted by Gasteiger charge is -2.28. The molecule has 1 heterocycles. The lowest BCUT2D eigenvalue weighted by molar-refractivity contribution is -0.126. The van der Waals surface area contributed by atoms with Crippen LogP contribution in [0.25, 0.3) is 0 Å². The Morgan fingerprint density at radius 3 is 2.67 bits per heavy atom. The first-order valence-electron chi connectivity index (χ1n) is 7.86. The monoisotopic (exact) mass is 286 g/mol. The average Bonchev–Trinajstić information content (AvgIpc) is 2.85. The molecule has 0 spiro atoms. The number of carbonyl (C=O) groups is 2. The van der Waals surface area contributed by atoms with E-state index in [0.29, 0.717) is 6.54 Å². The highest BCUT2D eigenvalue weighted by Crippen LogP contribution is 2.24. The van der Waals surface area contributed by atoms with Gasteiger partial charge in [-0.2, -0.15) is 0 Å². The van der Waals surface area contributed by atoms with E-state index in [0.717, 1.165) is 24.0 Å². The molecule has 1 aliphatic heterocycles. The van der Waals surface area contributed by atoms with Gasteiger partial charge in [0, 0.05) is 18.2 Å². The van der Waals surface area contributed by atoms with Crippen molar-refractivity contribution in [2.45, 2.75) is 57.7 Å². The highest BCUT2D eigenvalue weighted by atomic mass is 16.2. The Labute approximate surface area is 125 Å². The quantitative estimate of drug-likeness (QED) is 0.928. The Morgan fingerprint density at radius 2 is 1.95 bits per heavy atom. The fraction of sp³-hybridized carbons (Fsp3) is 0.529. The Kier molecular flexibility index (Phi) is 3.95. The molecule has 4 heteroatoms. The summed E-state index contributed by atoms with van der Waals surface area (Å²) in [6.45, 7) is 2.36. The lowest BCUT2D eigenvalue weighted by Crippen LogP contribution is -2.48. The fourth-order valence-electron chi connectivity index (χ4n) is 3.30. The molecule has 1 fully saturated rings. The summed E-state index contributed by atoms with van der Waals surface area (Å²) >= 11 is 0. The van der Waals surface area contributed by atoms with Crippen LogP contribution >= 0.6 is 0 Å². The van der Waals surface area contributed by atoms with E-state index in [9.17, 15) is 9.59 Å². The maximum Gasteiger partial charge on any atom is 0.255 e. The average molecular weight is 286 g/mol. The van der Waals surface area contributed by atoms with Gasteiger partial charge < -0.3 is 10.2 Å². The SMILES string of the molecule is CC(C(=O)NC1CCCCC1)N1Cc2ccccc2C1=O. The molecule has 1 atom stereocenters. The van der Waals surface area contributed by atoms with Crippen molar-refractivity contribution < 1.29 is 9.59 Å². The zero-order valence-electron chi connectivity index (χ0n) is 12.5. The smallest absolute Gasteiger partial charge is 0.255 e. The first kappa shape index (κ1) is 14.1. The zero-order chi connectivity index (χ0) is 14.8. The summed E-state index contributed by atoms with van der Waals surface area (Å²) < 4.78 is 0. The maximum absolute atomic E-state index is 12.4. The number of rotatable bonds is 3. The molecule has 1 unspecified atom stereocenters. The van der Waals surface area contributed by atoms with Crippen molar-refractivity contribution in [3.63, 3.8) is 0 Å². The van der Waals surface area contributed by atoms with Crippen LogP contribution in [0.15, 0.2) is 24.3 Å². The summed E-state index contributed by atoms with van der Waals surface area (Å²) in [5, 5.41) is 3.11. The van der Waals surface area contributed by atoms with Crippen LogP contribution < -0.4 is 5.32 Å². The van der Waals surface area contributed by atoms with E-state index in [4.69, 9.17) is 0 Å². The van der Waals surface area contributed by atoms with Gasteiger partial charge in [-0.05, 0) is 31.4 Å². The maximum atomic E-state index is 12.4. The second kappa shape index (κ2) is 5.88. The summed E-state index contributed by atoms with van der Waals surface area (Å²) in [4.78, 5) is 26.4. The van der Waals surface area contributed by atoms with Gasteiger partial charge in [0.1, 0.15) is 6.04 Å². The Hall–Kier alpha value is -1.84. The lowest BCUT2D eigenvalue weighted by atomic mass is 9.95. The van der Waals surface area contributed by atoms with E-state index in [1.54, 1.807) is 4.90 Å². The van der Waals surface area contributed by atoms with Gasteiger partial charge in [-0.1, -0.05) is 37.5 Å². The fourth-order valence-corrected chi connectivity index (χ4v) is 3.30. The van der Waals surface area contributed by atoms with E-state index < -0.39 is 6.04 Å². The molecule has 2 amide bonds. The minimum Gasteiger partial charge on any atom is -0.352 e. The topological polar surface area (TPSA) is 49.4 Å². The van der Waals surface area contributed by atoms with Crippen LogP contribution in [0.2, 0.25) is 0 Å². The van der Waals surface area contributed by atoms with Gasteiger partial charge in [0.2, 0.25) is 5.91 Å². The van der Waals surface area contributed by atoms with Crippen molar-refractivity contribution in [1.29, 1.82) is 0 Å². The number of hydrogen-bond donors (Lipinski definition) is 1. The number of benzene rings is 1. The number of amides is 2. The van der Waals surface area contributed by atoms with Crippen LogP contribution in [0.5, 0.6) is 0 Å². The molecular weight excluding hydrogens is 264 g/mol. The van der Waals surface area contributed by atoms with E-state index in [2.05, 4.69) is 5.32 Å². The van der Waals surface area contributed by atoms with E-state index in [1.807, 2.05) is 31.2 Å². The third-order valence-corrected chi connectivity index (χ3v) is 4.65. The predicted molar refractivity (Wildman–Crippen MR) is 80.8 cm³/mol. The molecule has 1 aromatic rings. The first-order chi connectivity index (χ1) is 10.2. The number of fused-ring (bicyclic) bond motifs is 1. The van der Waals surface area contributed by atoms with Crippen molar-refractivity contribution in [1.82, 2.24) is 10.2 Å². The van der Waals surface area contributed by atoms with Gasteiger partial charge in [0.25, 0.3) is 5.91 Å². The highest BCUT2D eigenvalue weighted by molar-refractivity contribution is 6.01. The molecule has 0 bridgehead atoms. The van der Waals surface area contributed by atoms with Gasteiger partial charge in [0.15, 0.2) is 0 Å². The summed E-state index contributed by atoms with van der Waals surface area (Å²) in [5.41, 5.74) is 1.75. The van der Waals surface area contributed by atoms with Crippen LogP contribution in [0.3, 0.4) is 0 Å². The molecule has 2 aliphatic rings. The van der Waals surface area contributed by atoms with Gasteiger partial charge in [-0.25, -0.2) is 0 Å². The number of hydrogen-bond acceptors (Lipinski definition) is 2. The molecule has 21 heavy (non-hydrogen) atoms. The molecule has 4 nitrogen and oxygen atoms in total. The molecule has 3 rings (SSSR count). The van der Waals surface area contributed by atoms with Crippen LogP contribution in [-0.4, -0.2) is 28.8 Å². The standard InChI is InChI=1S/C17H22N2O2/c1-12(16(20)18-14-8-3-2-4-9-14)19-11-13-7-5-6-10-15(13)17(19)21/h5-7,10,12,14H,2-4,8-9,11H2,1H3,(H,18,20). The van der Waals surface area contributed by atoms with E-state index in [-0.39, 0.29) is 17.9 Å². The van der Waals surface area contributed by atoms with Crippen LogP contribution in [-0.2, 0) is 11.3 Å². The van der Waals surface area contributed by atoms with Crippen molar-refractivity contribution >= 4 is 11.8 Å². The Morgan fingerprint density at radius 1 is 1.24 bits per heavy atom. The molecule has 0 aromatic heterocycles. The van der Waals surface area contributed by atoms with Gasteiger partial charge >= 0.3 is 0 Å². The molecule has 1 N–H and O–H groups in total. The Bertz CT molecular complexity index is 549. The molecule has 0 radical (unpaired) electrons. The van der Waals surface area contributed by atoms with Crippen LogP contribution in [0, 0.1) is 0 Å². The van der Waals surface area contributed by atoms with Gasteiger partial charge in [-0.3, -0.25) is 9.59 Å². The Balaban J connectivity index is 1.64. The van der Waals surface area contributed by atoms with Gasteiger partial charge in [0.05, 0.1) is 0 Å². The van der Waals surface area contributed by atoms with Crippen LogP contribution in [0.1, 0.15) is 54.9 Å². The minimum absolute atomic E-state index is 0.0249. The van der Waals surface area contributed by atoms with E-state index >= 15 is 0 Å². The molecule has 1 aromatic carbocycles. The molecule has 0 saturated heterocycles. The van der Waals surface area contributed by atoms with Crippen LogP contribution in [0.4, 0.5) is 0 Å². The third-order valence-electron chi connectivity index (χ3n) is 4.65. The van der Waals surface area contributed by atoms with Gasteiger partial charge in [-0.15, -0.1) is 0 Å². The molecular formula is C17H22N2O2. The van der Waals surface area contributed by atoms with Crippen molar-refractivity contribution in [2.24, 2.45) is 0 Å². The summed E-state index contributed by atoms with van der Waals surface area (Å²) in [6.07, 6.45) is 5.77. The van der Waals surface area contributed by atoms with Crippen molar-refractivity contribution in [3.05, 3.63) is 35.4 Å². The summed E-state index contributed by atoms with van der Waals surface area (Å²) in [7, 11) is 0. The second-order valence-corrected chi connectivity index (χ2v) is 6.11. The van der Waals surface area contributed by atoms with E-state index in [1.165, 1.54) is 19.3 Å². The molecule has 112 valence electrons. The third kappa shape index (κ3) is 2.80. The first-order valence-corrected chi connectivity index (χ1v) is 7.86. The highest BCUT2D eigenvalue weighted by Gasteiger charge is 2.34. The largest absolute Gasteiger partial charge is 0.352 e. The molecule has 1 aliphatic carbocycles. The zero-order valence-corrected chi connectivity index (χ0v) is 12.5. The predicted octanol–water partition coefficient (Wildman–Crippen LogP) is 2.48. The number of carbonyl (C=O) groups excluding carboxylic acids is 2. The summed E-state index contributed by atoms with van der Waals surface area (Å²) in [5.74, 6) is -0.0556. The number of nitrogens with zero attached hydrogens (tertiary/aromatic N) is 1. The minimum atomic E-state index is -0.410. The van der Waals surface area contributed by atoms with Crippen molar-refractivity contribution in [3.8, 4) is 0 Å². The normalized spacial score (nSPS) is 20.2. The second-order valence-electron chi connectivity index (χ2n) is 6.11.